The molecule has 122 valence electrons. The number of carbonyl (C=O) groups is 1. The molecule has 1 amide bonds. The number of fused-ring (bicyclic) bond motifs is 1. The van der Waals surface area contributed by atoms with Gasteiger partial charge in [0.25, 0.3) is 0 Å². The fraction of sp³-hybridized carbons (Fsp3) is 0.579. The smallest absolute Gasteiger partial charge is 0.220 e. The van der Waals surface area contributed by atoms with Crippen LogP contribution < -0.4 is 5.32 Å². The van der Waals surface area contributed by atoms with Crippen molar-refractivity contribution in [2.45, 2.75) is 51.9 Å². The largest absolute Gasteiger partial charge is 0.356 e. The second-order valence-electron chi connectivity index (χ2n) is 7.42. The summed E-state index contributed by atoms with van der Waals surface area (Å²) in [5, 5.41) is 3.18. The first-order valence-electron chi connectivity index (χ1n) is 8.87. The molecule has 4 nitrogen and oxygen atoms in total. The molecule has 0 bridgehead atoms. The zero-order chi connectivity index (χ0) is 15.9. The molecule has 0 atom stereocenters. The molecule has 0 spiro atoms. The summed E-state index contributed by atoms with van der Waals surface area (Å²) in [6.45, 7) is 2.95. The van der Waals surface area contributed by atoms with Crippen LogP contribution in [-0.2, 0) is 11.2 Å². The van der Waals surface area contributed by atoms with E-state index in [1.165, 1.54) is 37.7 Å². The Labute approximate surface area is 137 Å². The molecule has 1 aromatic carbocycles. The summed E-state index contributed by atoms with van der Waals surface area (Å²) in [6, 6.07) is 6.13. The van der Waals surface area contributed by atoms with Crippen LogP contribution in [0.4, 0.5) is 0 Å². The summed E-state index contributed by atoms with van der Waals surface area (Å²) in [7, 11) is 0. The van der Waals surface area contributed by atoms with Crippen molar-refractivity contribution in [2.75, 3.05) is 6.54 Å². The van der Waals surface area contributed by atoms with Crippen molar-refractivity contribution in [3.63, 3.8) is 0 Å². The highest BCUT2D eigenvalue weighted by Crippen LogP contribution is 2.56. The van der Waals surface area contributed by atoms with Gasteiger partial charge in [0.1, 0.15) is 5.82 Å². The quantitative estimate of drug-likeness (QED) is 0.858. The zero-order valence-corrected chi connectivity index (χ0v) is 13.8. The van der Waals surface area contributed by atoms with Crippen molar-refractivity contribution in [1.82, 2.24) is 15.3 Å². The monoisotopic (exact) mass is 311 g/mol. The predicted molar refractivity (Wildman–Crippen MR) is 91.2 cm³/mol. The molecular weight excluding hydrogens is 286 g/mol. The van der Waals surface area contributed by atoms with Crippen molar-refractivity contribution in [3.05, 3.63) is 29.6 Å². The first-order valence-corrected chi connectivity index (χ1v) is 8.87. The molecule has 0 aliphatic heterocycles. The van der Waals surface area contributed by atoms with Gasteiger partial charge in [-0.2, -0.15) is 0 Å². The van der Waals surface area contributed by atoms with E-state index in [9.17, 15) is 4.79 Å². The normalized spacial score (nSPS) is 19.5. The third kappa shape index (κ3) is 2.87. The van der Waals surface area contributed by atoms with E-state index in [2.05, 4.69) is 28.3 Å². The molecule has 23 heavy (non-hydrogen) atoms. The van der Waals surface area contributed by atoms with Crippen LogP contribution in [0, 0.1) is 18.3 Å². The van der Waals surface area contributed by atoms with Crippen molar-refractivity contribution >= 4 is 16.9 Å². The van der Waals surface area contributed by atoms with Crippen molar-refractivity contribution < 1.29 is 4.79 Å². The van der Waals surface area contributed by atoms with Gasteiger partial charge in [0, 0.05) is 19.4 Å². The Kier molecular flexibility index (Phi) is 3.63. The number of benzene rings is 1. The molecule has 1 heterocycles. The second kappa shape index (κ2) is 5.66. The highest BCUT2D eigenvalue weighted by molar-refractivity contribution is 5.79. The van der Waals surface area contributed by atoms with E-state index in [-0.39, 0.29) is 5.91 Å². The Morgan fingerprint density at radius 2 is 2.22 bits per heavy atom. The summed E-state index contributed by atoms with van der Waals surface area (Å²) >= 11 is 0. The minimum absolute atomic E-state index is 0.161. The summed E-state index contributed by atoms with van der Waals surface area (Å²) in [4.78, 5) is 20.1. The maximum atomic E-state index is 12.2. The SMILES string of the molecule is Cc1cccc2[nH]c(CCC(=O)NCC3(C4CC4)CCC3)nc12. The van der Waals surface area contributed by atoms with Crippen LogP contribution in [0.3, 0.4) is 0 Å². The molecule has 4 rings (SSSR count). The van der Waals surface area contributed by atoms with Gasteiger partial charge < -0.3 is 10.3 Å². The number of nitrogens with zero attached hydrogens (tertiary/aromatic N) is 1. The topological polar surface area (TPSA) is 57.8 Å². The van der Waals surface area contributed by atoms with E-state index < -0.39 is 0 Å². The number of aryl methyl sites for hydroxylation is 2. The van der Waals surface area contributed by atoms with Crippen LogP contribution >= 0.6 is 0 Å². The van der Waals surface area contributed by atoms with Gasteiger partial charge in [0.2, 0.25) is 5.91 Å². The van der Waals surface area contributed by atoms with Crippen LogP contribution in [0.2, 0.25) is 0 Å². The molecule has 2 fully saturated rings. The van der Waals surface area contributed by atoms with Gasteiger partial charge in [-0.1, -0.05) is 18.6 Å². The van der Waals surface area contributed by atoms with Crippen LogP contribution in [0.5, 0.6) is 0 Å². The molecule has 2 aromatic rings. The predicted octanol–water partition coefficient (Wildman–Crippen LogP) is 3.50. The third-order valence-corrected chi connectivity index (χ3v) is 5.78. The number of imidazole rings is 1. The molecule has 2 saturated carbocycles. The van der Waals surface area contributed by atoms with Crippen LogP contribution in [-0.4, -0.2) is 22.4 Å². The molecule has 4 heteroatoms. The first-order chi connectivity index (χ1) is 11.2. The Balaban J connectivity index is 1.31. The second-order valence-corrected chi connectivity index (χ2v) is 7.42. The lowest BCUT2D eigenvalue weighted by Gasteiger charge is -2.42. The third-order valence-electron chi connectivity index (χ3n) is 5.78. The standard InChI is InChI=1S/C19H25N3O/c1-13-4-2-5-15-18(13)22-16(21-15)8-9-17(23)20-12-19(10-3-11-19)14-6-7-14/h2,4-5,14H,3,6-12H2,1H3,(H,20,23)(H,21,22). The molecule has 0 radical (unpaired) electrons. The number of rotatable bonds is 6. The van der Waals surface area contributed by atoms with Crippen LogP contribution in [0.15, 0.2) is 18.2 Å². The molecule has 1 aromatic heterocycles. The average molecular weight is 311 g/mol. The molecule has 0 saturated heterocycles. The molecule has 2 aliphatic rings. The van der Waals surface area contributed by atoms with Gasteiger partial charge in [-0.25, -0.2) is 4.98 Å². The average Bonchev–Trinajstić information content (AvgIpc) is 3.24. The highest BCUT2D eigenvalue weighted by Gasteiger charge is 2.48. The summed E-state index contributed by atoms with van der Waals surface area (Å²) in [5.41, 5.74) is 3.70. The summed E-state index contributed by atoms with van der Waals surface area (Å²) in [6.07, 6.45) is 7.88. The van der Waals surface area contributed by atoms with E-state index in [0.29, 0.717) is 18.3 Å². The van der Waals surface area contributed by atoms with E-state index >= 15 is 0 Å². The van der Waals surface area contributed by atoms with Gasteiger partial charge in [-0.3, -0.25) is 4.79 Å². The molecular formula is C19H25N3O. The van der Waals surface area contributed by atoms with Crippen LogP contribution in [0.25, 0.3) is 11.0 Å². The van der Waals surface area contributed by atoms with Gasteiger partial charge in [0.15, 0.2) is 0 Å². The Morgan fingerprint density at radius 1 is 1.39 bits per heavy atom. The number of aromatic amines is 1. The number of H-pyrrole nitrogens is 1. The minimum atomic E-state index is 0.161. The number of nitrogens with one attached hydrogen (secondary N) is 2. The van der Waals surface area contributed by atoms with Crippen molar-refractivity contribution in [2.24, 2.45) is 11.3 Å². The van der Waals surface area contributed by atoms with E-state index in [0.717, 1.165) is 29.3 Å². The number of amides is 1. The maximum absolute atomic E-state index is 12.2. The van der Waals surface area contributed by atoms with E-state index in [4.69, 9.17) is 0 Å². The Morgan fingerprint density at radius 3 is 2.87 bits per heavy atom. The zero-order valence-electron chi connectivity index (χ0n) is 13.8. The lowest BCUT2D eigenvalue weighted by atomic mass is 9.65. The number of aromatic nitrogens is 2. The molecule has 0 unspecified atom stereocenters. The summed E-state index contributed by atoms with van der Waals surface area (Å²) in [5.74, 6) is 1.95. The molecule has 2 aliphatic carbocycles. The fourth-order valence-corrected chi connectivity index (χ4v) is 4.00. The fourth-order valence-electron chi connectivity index (χ4n) is 4.00. The van der Waals surface area contributed by atoms with Crippen molar-refractivity contribution in [1.29, 1.82) is 0 Å². The van der Waals surface area contributed by atoms with E-state index in [1.807, 2.05) is 12.1 Å². The number of carbonyl (C=O) groups excluding carboxylic acids is 1. The lowest BCUT2D eigenvalue weighted by Crippen LogP contribution is -2.43. The minimum Gasteiger partial charge on any atom is -0.356 e. The van der Waals surface area contributed by atoms with Gasteiger partial charge in [0.05, 0.1) is 11.0 Å². The van der Waals surface area contributed by atoms with Gasteiger partial charge >= 0.3 is 0 Å². The number of para-hydroxylation sites is 1. The Hall–Kier alpha value is -1.84. The molecule has 2 N–H and O–H groups in total. The highest BCUT2D eigenvalue weighted by atomic mass is 16.1. The van der Waals surface area contributed by atoms with Crippen molar-refractivity contribution in [3.8, 4) is 0 Å². The Bertz CT molecular complexity index is 725. The maximum Gasteiger partial charge on any atom is 0.220 e. The summed E-state index contributed by atoms with van der Waals surface area (Å²) < 4.78 is 0. The lowest BCUT2D eigenvalue weighted by molar-refractivity contribution is -0.122. The first kappa shape index (κ1) is 14.7. The number of hydrogen-bond donors (Lipinski definition) is 2. The van der Waals surface area contributed by atoms with Gasteiger partial charge in [-0.15, -0.1) is 0 Å². The van der Waals surface area contributed by atoms with Gasteiger partial charge in [-0.05, 0) is 55.6 Å². The number of hydrogen-bond acceptors (Lipinski definition) is 2. The van der Waals surface area contributed by atoms with E-state index in [1.54, 1.807) is 0 Å². The van der Waals surface area contributed by atoms with Crippen LogP contribution in [0.1, 0.15) is 49.9 Å².